The van der Waals surface area contributed by atoms with Crippen molar-refractivity contribution < 1.29 is 9.53 Å². The maximum atomic E-state index is 11.2. The molecule has 1 aromatic rings. The highest BCUT2D eigenvalue weighted by Gasteiger charge is 2.18. The molecule has 0 aliphatic rings. The predicted molar refractivity (Wildman–Crippen MR) is 80.5 cm³/mol. The van der Waals surface area contributed by atoms with E-state index in [4.69, 9.17) is 4.74 Å². The van der Waals surface area contributed by atoms with Crippen LogP contribution in [0.1, 0.15) is 26.3 Å². The van der Waals surface area contributed by atoms with Gasteiger partial charge in [0.25, 0.3) is 0 Å². The first-order valence-electron chi connectivity index (χ1n) is 6.06. The van der Waals surface area contributed by atoms with Gasteiger partial charge in [-0.05, 0) is 26.3 Å². The molecule has 1 aromatic carbocycles. The fraction of sp³-hybridized carbons (Fsp3) is 0.400. The zero-order valence-electron chi connectivity index (χ0n) is 11.7. The van der Waals surface area contributed by atoms with Crippen LogP contribution in [0.5, 0.6) is 0 Å². The first-order valence-corrected chi connectivity index (χ1v) is 6.06. The molecular formula is C15H22ClNO2. The van der Waals surface area contributed by atoms with Crippen LogP contribution in [0.3, 0.4) is 0 Å². The zero-order chi connectivity index (χ0) is 13.6. The molecule has 106 valence electrons. The van der Waals surface area contributed by atoms with Crippen molar-refractivity contribution in [3.8, 4) is 0 Å². The van der Waals surface area contributed by atoms with E-state index in [2.05, 4.69) is 37.9 Å². The third-order valence-corrected chi connectivity index (χ3v) is 2.75. The second-order valence-electron chi connectivity index (χ2n) is 4.83. The maximum Gasteiger partial charge on any atom is 0.333 e. The largest absolute Gasteiger partial charge is 0.461 e. The van der Waals surface area contributed by atoms with Crippen LogP contribution in [0.15, 0.2) is 42.5 Å². The van der Waals surface area contributed by atoms with E-state index in [1.165, 1.54) is 5.56 Å². The summed E-state index contributed by atoms with van der Waals surface area (Å²) in [5.41, 5.74) is 1.49. The molecule has 1 rings (SSSR count). The topological polar surface area (TPSA) is 38.3 Å². The minimum absolute atomic E-state index is 0. The fourth-order valence-electron chi connectivity index (χ4n) is 1.59. The lowest BCUT2D eigenvalue weighted by atomic mass is 9.94. The van der Waals surface area contributed by atoms with Gasteiger partial charge in [0, 0.05) is 17.7 Å². The summed E-state index contributed by atoms with van der Waals surface area (Å²) in [4.78, 5) is 11.2. The van der Waals surface area contributed by atoms with Crippen LogP contribution in [0.4, 0.5) is 0 Å². The number of ether oxygens (including phenoxy) is 1. The highest BCUT2D eigenvalue weighted by molar-refractivity contribution is 5.86. The third-order valence-electron chi connectivity index (χ3n) is 2.75. The molecule has 3 nitrogen and oxygen atoms in total. The zero-order valence-corrected chi connectivity index (χ0v) is 12.5. The smallest absolute Gasteiger partial charge is 0.333 e. The molecule has 0 aromatic heterocycles. The standard InChI is InChI=1S/C15H21NO2.ClH/c1-12(2)14(17)18-11-10-16-15(3,4)13-8-6-5-7-9-13;/h5-9,16H,1,10-11H2,2-4H3;1H. The molecule has 0 amide bonds. The Morgan fingerprint density at radius 2 is 1.89 bits per heavy atom. The minimum Gasteiger partial charge on any atom is -0.461 e. The van der Waals surface area contributed by atoms with Crippen molar-refractivity contribution >= 4 is 18.4 Å². The quantitative estimate of drug-likeness (QED) is 0.495. The monoisotopic (exact) mass is 283 g/mol. The van der Waals surface area contributed by atoms with Gasteiger partial charge in [-0.25, -0.2) is 4.79 Å². The van der Waals surface area contributed by atoms with Crippen LogP contribution < -0.4 is 5.32 Å². The molecule has 1 N–H and O–H groups in total. The van der Waals surface area contributed by atoms with Gasteiger partial charge in [0.2, 0.25) is 0 Å². The average molecular weight is 284 g/mol. The predicted octanol–water partition coefficient (Wildman–Crippen LogP) is 3.05. The van der Waals surface area contributed by atoms with Crippen LogP contribution in [0, 0.1) is 0 Å². The first-order chi connectivity index (χ1) is 8.43. The molecule has 0 spiro atoms. The van der Waals surface area contributed by atoms with Gasteiger partial charge in [0.15, 0.2) is 0 Å². The molecule has 0 atom stereocenters. The third kappa shape index (κ3) is 5.90. The summed E-state index contributed by atoms with van der Waals surface area (Å²) in [6, 6.07) is 10.2. The lowest BCUT2D eigenvalue weighted by Gasteiger charge is -2.27. The van der Waals surface area contributed by atoms with Gasteiger partial charge in [-0.3, -0.25) is 0 Å². The molecule has 0 saturated heterocycles. The summed E-state index contributed by atoms with van der Waals surface area (Å²) in [7, 11) is 0. The molecule has 0 bridgehead atoms. The molecule has 19 heavy (non-hydrogen) atoms. The SMILES string of the molecule is C=C(C)C(=O)OCCNC(C)(C)c1ccccc1.Cl. The van der Waals surface area contributed by atoms with E-state index in [-0.39, 0.29) is 23.9 Å². The number of halogens is 1. The first kappa shape index (κ1) is 17.7. The van der Waals surface area contributed by atoms with Gasteiger partial charge >= 0.3 is 5.97 Å². The second-order valence-corrected chi connectivity index (χ2v) is 4.83. The Labute approximate surface area is 121 Å². The molecule has 0 saturated carbocycles. The number of benzene rings is 1. The number of carbonyl (C=O) groups is 1. The van der Waals surface area contributed by atoms with E-state index in [0.717, 1.165) is 0 Å². The number of hydrogen-bond donors (Lipinski definition) is 1. The summed E-state index contributed by atoms with van der Waals surface area (Å²) in [6.07, 6.45) is 0. The van der Waals surface area contributed by atoms with E-state index < -0.39 is 0 Å². The summed E-state index contributed by atoms with van der Waals surface area (Å²) in [5, 5.41) is 3.36. The van der Waals surface area contributed by atoms with E-state index in [1.54, 1.807) is 6.92 Å². The van der Waals surface area contributed by atoms with Crippen molar-refractivity contribution in [1.29, 1.82) is 0 Å². The normalized spacial score (nSPS) is 10.5. The molecule has 0 radical (unpaired) electrons. The fourth-order valence-corrected chi connectivity index (χ4v) is 1.59. The Balaban J connectivity index is 0.00000324. The Morgan fingerprint density at radius 3 is 2.42 bits per heavy atom. The molecule has 0 aliphatic heterocycles. The second kappa shape index (κ2) is 7.97. The molecule has 0 unspecified atom stereocenters. The van der Waals surface area contributed by atoms with Gasteiger partial charge in [0.05, 0.1) is 0 Å². The summed E-state index contributed by atoms with van der Waals surface area (Å²) in [6.45, 7) is 10.3. The van der Waals surface area contributed by atoms with Crippen molar-refractivity contribution in [2.75, 3.05) is 13.2 Å². The summed E-state index contributed by atoms with van der Waals surface area (Å²) < 4.78 is 5.03. The van der Waals surface area contributed by atoms with Crippen LogP contribution in [0.25, 0.3) is 0 Å². The van der Waals surface area contributed by atoms with E-state index in [1.807, 2.05) is 18.2 Å². The van der Waals surface area contributed by atoms with Gasteiger partial charge in [-0.15, -0.1) is 12.4 Å². The van der Waals surface area contributed by atoms with Crippen molar-refractivity contribution in [3.05, 3.63) is 48.0 Å². The highest BCUT2D eigenvalue weighted by atomic mass is 35.5. The number of hydrogen-bond acceptors (Lipinski definition) is 3. The Bertz CT molecular complexity index is 415. The van der Waals surface area contributed by atoms with Crippen molar-refractivity contribution in [2.24, 2.45) is 0 Å². The van der Waals surface area contributed by atoms with Gasteiger partial charge in [-0.1, -0.05) is 36.9 Å². The molecule has 0 aliphatic carbocycles. The molecular weight excluding hydrogens is 262 g/mol. The van der Waals surface area contributed by atoms with Crippen molar-refractivity contribution in [1.82, 2.24) is 5.32 Å². The molecule has 0 fully saturated rings. The maximum absolute atomic E-state index is 11.2. The van der Waals surface area contributed by atoms with Gasteiger partial charge < -0.3 is 10.1 Å². The van der Waals surface area contributed by atoms with E-state index in [9.17, 15) is 4.79 Å². The number of nitrogens with one attached hydrogen (secondary N) is 1. The minimum atomic E-state index is -0.339. The average Bonchev–Trinajstić information content (AvgIpc) is 2.35. The molecule has 4 heteroatoms. The van der Waals surface area contributed by atoms with Crippen LogP contribution in [0.2, 0.25) is 0 Å². The lowest BCUT2D eigenvalue weighted by Crippen LogP contribution is -2.38. The van der Waals surface area contributed by atoms with E-state index in [0.29, 0.717) is 18.7 Å². The number of rotatable bonds is 6. The molecule has 0 heterocycles. The Kier molecular flexibility index (Phi) is 7.42. The van der Waals surface area contributed by atoms with Crippen molar-refractivity contribution in [3.63, 3.8) is 0 Å². The highest BCUT2D eigenvalue weighted by Crippen LogP contribution is 2.18. The van der Waals surface area contributed by atoms with Crippen LogP contribution in [-0.2, 0) is 15.1 Å². The van der Waals surface area contributed by atoms with E-state index >= 15 is 0 Å². The van der Waals surface area contributed by atoms with Gasteiger partial charge in [-0.2, -0.15) is 0 Å². The summed E-state index contributed by atoms with van der Waals surface area (Å²) >= 11 is 0. The Morgan fingerprint density at radius 1 is 1.32 bits per heavy atom. The number of esters is 1. The number of carbonyl (C=O) groups excluding carboxylic acids is 1. The Hall–Kier alpha value is -1.32. The lowest BCUT2D eigenvalue weighted by molar-refractivity contribution is -0.138. The van der Waals surface area contributed by atoms with Crippen LogP contribution in [-0.4, -0.2) is 19.1 Å². The van der Waals surface area contributed by atoms with Crippen LogP contribution >= 0.6 is 12.4 Å². The van der Waals surface area contributed by atoms with Crippen molar-refractivity contribution in [2.45, 2.75) is 26.3 Å². The van der Waals surface area contributed by atoms with Gasteiger partial charge in [0.1, 0.15) is 6.61 Å². The summed E-state index contributed by atoms with van der Waals surface area (Å²) in [5.74, 6) is -0.339.